The maximum absolute atomic E-state index is 13.0. The maximum atomic E-state index is 13.0. The molecule has 7 nitrogen and oxygen atoms in total. The molecule has 0 unspecified atom stereocenters. The summed E-state index contributed by atoms with van der Waals surface area (Å²) in [4.78, 5) is 19.4. The predicted molar refractivity (Wildman–Crippen MR) is 124 cm³/mol. The van der Waals surface area contributed by atoms with Gasteiger partial charge in [0.15, 0.2) is 21.9 Å². The highest BCUT2D eigenvalue weighted by Gasteiger charge is 2.21. The molecule has 0 saturated carbocycles. The summed E-state index contributed by atoms with van der Waals surface area (Å²) < 4.78 is 7.38. The van der Waals surface area contributed by atoms with Crippen molar-refractivity contribution in [1.29, 1.82) is 0 Å². The van der Waals surface area contributed by atoms with Crippen LogP contribution in [0, 0.1) is 0 Å². The lowest BCUT2D eigenvalue weighted by Crippen LogP contribution is -2.32. The second-order valence-corrected chi connectivity index (χ2v) is 8.27. The van der Waals surface area contributed by atoms with E-state index in [9.17, 15) is 4.79 Å². The number of nitrogens with zero attached hydrogens (tertiary/aromatic N) is 5. The summed E-state index contributed by atoms with van der Waals surface area (Å²) in [5.41, 5.74) is 1.87. The average Bonchev–Trinajstić information content (AvgIpc) is 3.56. The van der Waals surface area contributed by atoms with Crippen LogP contribution >= 0.6 is 23.1 Å². The first-order chi connectivity index (χ1) is 15.2. The molecule has 0 aliphatic carbocycles. The molecule has 0 aliphatic heterocycles. The van der Waals surface area contributed by atoms with Crippen molar-refractivity contribution >= 4 is 34.1 Å². The van der Waals surface area contributed by atoms with Crippen molar-refractivity contribution in [1.82, 2.24) is 19.7 Å². The zero-order valence-corrected chi connectivity index (χ0v) is 18.6. The van der Waals surface area contributed by atoms with Crippen molar-refractivity contribution in [3.05, 3.63) is 66.8 Å². The second kappa shape index (κ2) is 9.76. The van der Waals surface area contributed by atoms with Gasteiger partial charge < -0.3 is 4.42 Å². The van der Waals surface area contributed by atoms with Crippen LogP contribution in [0.4, 0.5) is 5.13 Å². The molecule has 0 atom stereocenters. The van der Waals surface area contributed by atoms with Crippen LogP contribution in [0.2, 0.25) is 0 Å². The molecule has 0 spiro atoms. The standard InChI is InChI=1S/C22H21N5O2S2/c1-3-12-27(21-23-17(14-30-21)16-9-6-5-7-10-16)19(28)15-31-22-25-24-20(26(22)4-2)18-11-8-13-29-18/h3,5-11,13-14H,1,4,12,15H2,2H3. The topological polar surface area (TPSA) is 77.0 Å². The van der Waals surface area contributed by atoms with E-state index in [0.717, 1.165) is 11.3 Å². The van der Waals surface area contributed by atoms with E-state index in [0.29, 0.717) is 35.0 Å². The second-order valence-electron chi connectivity index (χ2n) is 6.49. The number of benzene rings is 1. The molecule has 1 aromatic carbocycles. The Kier molecular flexibility index (Phi) is 6.63. The molecule has 3 heterocycles. The number of aromatic nitrogens is 4. The number of anilines is 1. The van der Waals surface area contributed by atoms with Crippen LogP contribution in [0.5, 0.6) is 0 Å². The number of rotatable bonds is 9. The smallest absolute Gasteiger partial charge is 0.239 e. The van der Waals surface area contributed by atoms with Gasteiger partial charge in [0.1, 0.15) is 0 Å². The predicted octanol–water partition coefficient (Wildman–Crippen LogP) is 4.99. The number of furan rings is 1. The zero-order chi connectivity index (χ0) is 21.6. The van der Waals surface area contributed by atoms with Gasteiger partial charge in [-0.25, -0.2) is 4.98 Å². The fraction of sp³-hybridized carbons (Fsp3) is 0.182. The van der Waals surface area contributed by atoms with Gasteiger partial charge >= 0.3 is 0 Å². The summed E-state index contributed by atoms with van der Waals surface area (Å²) in [6.07, 6.45) is 3.31. The van der Waals surface area contributed by atoms with Gasteiger partial charge in [0.05, 0.1) is 17.7 Å². The average molecular weight is 452 g/mol. The summed E-state index contributed by atoms with van der Waals surface area (Å²) in [6, 6.07) is 13.6. The van der Waals surface area contributed by atoms with E-state index in [1.54, 1.807) is 17.2 Å². The lowest BCUT2D eigenvalue weighted by atomic mass is 10.2. The van der Waals surface area contributed by atoms with Gasteiger partial charge in [0.2, 0.25) is 5.91 Å². The molecule has 158 valence electrons. The highest BCUT2D eigenvalue weighted by atomic mass is 32.2. The Morgan fingerprint density at radius 1 is 1.26 bits per heavy atom. The van der Waals surface area contributed by atoms with Crippen molar-refractivity contribution in [3.8, 4) is 22.8 Å². The van der Waals surface area contributed by atoms with Crippen LogP contribution < -0.4 is 4.90 Å². The SMILES string of the molecule is C=CCN(C(=O)CSc1nnc(-c2ccco2)n1CC)c1nc(-c2ccccc2)cs1. The number of carbonyl (C=O) groups is 1. The fourth-order valence-electron chi connectivity index (χ4n) is 3.02. The summed E-state index contributed by atoms with van der Waals surface area (Å²) in [7, 11) is 0. The van der Waals surface area contributed by atoms with Crippen molar-refractivity contribution < 1.29 is 9.21 Å². The van der Waals surface area contributed by atoms with Crippen LogP contribution in [0.15, 0.2) is 76.3 Å². The monoisotopic (exact) mass is 451 g/mol. The highest BCUT2D eigenvalue weighted by Crippen LogP contribution is 2.29. The molecule has 0 aliphatic rings. The first kappa shape index (κ1) is 21.1. The largest absolute Gasteiger partial charge is 0.461 e. The minimum Gasteiger partial charge on any atom is -0.461 e. The molecule has 1 amide bonds. The molecule has 0 saturated heterocycles. The fourth-order valence-corrected chi connectivity index (χ4v) is 4.76. The van der Waals surface area contributed by atoms with E-state index >= 15 is 0 Å². The Labute approximate surface area is 188 Å². The maximum Gasteiger partial charge on any atom is 0.239 e. The van der Waals surface area contributed by atoms with Gasteiger partial charge in [-0.1, -0.05) is 48.2 Å². The quantitative estimate of drug-likeness (QED) is 0.263. The van der Waals surface area contributed by atoms with E-state index < -0.39 is 0 Å². The molecule has 4 rings (SSSR count). The molecule has 9 heteroatoms. The van der Waals surface area contributed by atoms with Gasteiger partial charge in [-0.05, 0) is 19.1 Å². The molecular weight excluding hydrogens is 430 g/mol. The summed E-state index contributed by atoms with van der Waals surface area (Å²) in [6.45, 7) is 6.85. The van der Waals surface area contributed by atoms with Crippen LogP contribution in [0.25, 0.3) is 22.8 Å². The van der Waals surface area contributed by atoms with Crippen molar-refractivity contribution in [2.75, 3.05) is 17.2 Å². The Morgan fingerprint density at radius 2 is 2.10 bits per heavy atom. The van der Waals surface area contributed by atoms with E-state index in [1.807, 2.05) is 59.3 Å². The Hall–Kier alpha value is -3.17. The van der Waals surface area contributed by atoms with E-state index in [-0.39, 0.29) is 11.7 Å². The number of thioether (sulfide) groups is 1. The van der Waals surface area contributed by atoms with Gasteiger partial charge in [-0.15, -0.1) is 28.1 Å². The third-order valence-corrected chi connectivity index (χ3v) is 6.32. The third kappa shape index (κ3) is 4.62. The van der Waals surface area contributed by atoms with Gasteiger partial charge in [0, 0.05) is 24.0 Å². The van der Waals surface area contributed by atoms with E-state index in [4.69, 9.17) is 4.42 Å². The number of carbonyl (C=O) groups excluding carboxylic acids is 1. The summed E-state index contributed by atoms with van der Waals surface area (Å²) in [5.74, 6) is 1.45. The number of hydrogen-bond donors (Lipinski definition) is 0. The van der Waals surface area contributed by atoms with Crippen molar-refractivity contribution in [3.63, 3.8) is 0 Å². The molecule has 3 aromatic heterocycles. The van der Waals surface area contributed by atoms with E-state index in [1.165, 1.54) is 23.1 Å². The van der Waals surface area contributed by atoms with Crippen LogP contribution in [-0.2, 0) is 11.3 Å². The minimum absolute atomic E-state index is 0.0657. The minimum atomic E-state index is -0.0657. The summed E-state index contributed by atoms with van der Waals surface area (Å²) >= 11 is 2.79. The van der Waals surface area contributed by atoms with Crippen molar-refractivity contribution in [2.24, 2.45) is 0 Å². The molecule has 4 aromatic rings. The first-order valence-electron chi connectivity index (χ1n) is 9.73. The van der Waals surface area contributed by atoms with Gasteiger partial charge in [-0.2, -0.15) is 0 Å². The van der Waals surface area contributed by atoms with Crippen LogP contribution in [0.3, 0.4) is 0 Å². The zero-order valence-electron chi connectivity index (χ0n) is 17.0. The highest BCUT2D eigenvalue weighted by molar-refractivity contribution is 7.99. The number of thiazole rings is 1. The van der Waals surface area contributed by atoms with Crippen LogP contribution in [0.1, 0.15) is 6.92 Å². The van der Waals surface area contributed by atoms with Gasteiger partial charge in [-0.3, -0.25) is 14.3 Å². The molecule has 0 radical (unpaired) electrons. The first-order valence-corrected chi connectivity index (χ1v) is 11.6. The molecule has 0 N–H and O–H groups in total. The normalized spacial score (nSPS) is 10.9. The number of amides is 1. The molecular formula is C22H21N5O2S2. The van der Waals surface area contributed by atoms with Gasteiger partial charge in [0.25, 0.3) is 0 Å². The molecule has 31 heavy (non-hydrogen) atoms. The lowest BCUT2D eigenvalue weighted by Gasteiger charge is -2.17. The third-order valence-electron chi connectivity index (χ3n) is 4.50. The molecule has 0 fully saturated rings. The van der Waals surface area contributed by atoms with Crippen molar-refractivity contribution in [2.45, 2.75) is 18.6 Å². The Balaban J connectivity index is 1.49. The number of hydrogen-bond acceptors (Lipinski definition) is 7. The molecule has 0 bridgehead atoms. The van der Waals surface area contributed by atoms with Crippen LogP contribution in [-0.4, -0.2) is 38.0 Å². The van der Waals surface area contributed by atoms with E-state index in [2.05, 4.69) is 21.8 Å². The lowest BCUT2D eigenvalue weighted by molar-refractivity contribution is -0.116. The summed E-state index contributed by atoms with van der Waals surface area (Å²) in [5, 5.41) is 11.8. The Morgan fingerprint density at radius 3 is 2.81 bits per heavy atom. The Bertz CT molecular complexity index is 1150.